The topological polar surface area (TPSA) is 146 Å². The van der Waals surface area contributed by atoms with Crippen LogP contribution >= 0.6 is 0 Å². The standard InChI is InChI=1S/2C7H8O3S.Mg.H2O/c2*1-6-2-4-7(5-3-6)11(8,9)10;;/h2*2-5H,1H3,(H,8,9,10);;1H2/q;;+2;/p-2. The first-order valence-electron chi connectivity index (χ1n) is 6.05. The molecule has 0 bridgehead atoms. The molecule has 128 valence electrons. The fraction of sp³-hybridized carbons (Fsp3) is 0.143. The molecule has 0 aliphatic rings. The summed E-state index contributed by atoms with van der Waals surface area (Å²) in [6.45, 7) is 3.64. The van der Waals surface area contributed by atoms with Gasteiger partial charge in [0.1, 0.15) is 20.2 Å². The van der Waals surface area contributed by atoms with E-state index in [0.717, 1.165) is 11.1 Å². The summed E-state index contributed by atoms with van der Waals surface area (Å²) < 4.78 is 62.3. The smallest absolute Gasteiger partial charge is 0.744 e. The van der Waals surface area contributed by atoms with Crippen LogP contribution in [-0.2, 0) is 20.2 Å². The predicted octanol–water partition coefficient (Wildman–Crippen LogP) is 0.593. The van der Waals surface area contributed by atoms with E-state index in [1.807, 2.05) is 13.8 Å². The van der Waals surface area contributed by atoms with Crippen LogP contribution in [-0.4, -0.2) is 54.5 Å². The third-order valence-corrected chi connectivity index (χ3v) is 4.32. The normalized spacial score (nSPS) is 10.5. The maximum atomic E-state index is 10.4. The fourth-order valence-electron chi connectivity index (χ4n) is 1.41. The molecule has 0 saturated heterocycles. The molecule has 0 heterocycles. The molecule has 0 saturated carbocycles. The maximum Gasteiger partial charge on any atom is 2.00 e. The molecule has 0 amide bonds. The summed E-state index contributed by atoms with van der Waals surface area (Å²) in [6, 6.07) is 11.6. The quantitative estimate of drug-likeness (QED) is 0.547. The van der Waals surface area contributed by atoms with Crippen LogP contribution in [0.25, 0.3) is 0 Å². The van der Waals surface area contributed by atoms with Gasteiger partial charge in [0.2, 0.25) is 0 Å². The van der Waals surface area contributed by atoms with E-state index in [9.17, 15) is 25.9 Å². The van der Waals surface area contributed by atoms with E-state index in [2.05, 4.69) is 0 Å². The van der Waals surface area contributed by atoms with Gasteiger partial charge in [-0.1, -0.05) is 35.4 Å². The zero-order chi connectivity index (χ0) is 17.0. The summed E-state index contributed by atoms with van der Waals surface area (Å²) in [5, 5.41) is 0. The Bertz CT molecular complexity index is 754. The maximum absolute atomic E-state index is 10.4. The van der Waals surface area contributed by atoms with E-state index in [1.165, 1.54) is 24.3 Å². The first-order valence-corrected chi connectivity index (χ1v) is 8.87. The van der Waals surface area contributed by atoms with Crippen LogP contribution in [0.15, 0.2) is 58.3 Å². The summed E-state index contributed by atoms with van der Waals surface area (Å²) >= 11 is 0. The summed E-state index contributed by atoms with van der Waals surface area (Å²) in [4.78, 5) is -0.355. The van der Waals surface area contributed by atoms with E-state index in [-0.39, 0.29) is 38.3 Å². The van der Waals surface area contributed by atoms with Crippen molar-refractivity contribution in [3.05, 3.63) is 59.7 Å². The van der Waals surface area contributed by atoms with Gasteiger partial charge >= 0.3 is 23.1 Å². The van der Waals surface area contributed by atoms with E-state index in [1.54, 1.807) is 24.3 Å². The molecule has 0 aliphatic carbocycles. The predicted molar refractivity (Wildman–Crippen MR) is 87.7 cm³/mol. The molecule has 24 heavy (non-hydrogen) atoms. The molecule has 10 heteroatoms. The van der Waals surface area contributed by atoms with Gasteiger partial charge in [0.25, 0.3) is 0 Å². The van der Waals surface area contributed by atoms with Crippen molar-refractivity contribution in [2.75, 3.05) is 0 Å². The average Bonchev–Trinajstić information content (AvgIpc) is 2.38. The fourth-order valence-corrected chi connectivity index (χ4v) is 2.35. The van der Waals surface area contributed by atoms with Gasteiger partial charge in [0, 0.05) is 0 Å². The van der Waals surface area contributed by atoms with Crippen molar-refractivity contribution >= 4 is 43.3 Å². The second-order valence-corrected chi connectivity index (χ2v) is 7.29. The Labute approximate surface area is 157 Å². The molecule has 0 spiro atoms. The minimum absolute atomic E-state index is 0. The molecule has 0 aromatic heterocycles. The number of aryl methyl sites for hydroxylation is 2. The zero-order valence-electron chi connectivity index (χ0n) is 13.1. The second kappa shape index (κ2) is 10.1. The second-order valence-electron chi connectivity index (χ2n) is 4.53. The number of benzene rings is 2. The molecule has 2 rings (SSSR count). The third kappa shape index (κ3) is 8.73. The Hall–Kier alpha value is -1.01. The van der Waals surface area contributed by atoms with Crippen molar-refractivity contribution in [1.82, 2.24) is 0 Å². The minimum Gasteiger partial charge on any atom is -0.744 e. The summed E-state index contributed by atoms with van der Waals surface area (Å²) in [7, 11) is -8.54. The van der Waals surface area contributed by atoms with E-state index in [4.69, 9.17) is 0 Å². The number of hydrogen-bond donors (Lipinski definition) is 0. The van der Waals surface area contributed by atoms with Gasteiger partial charge in [-0.2, -0.15) is 0 Å². The molecule has 2 N–H and O–H groups in total. The van der Waals surface area contributed by atoms with Crippen molar-refractivity contribution in [3.63, 3.8) is 0 Å². The Morgan fingerprint density at radius 1 is 0.625 bits per heavy atom. The van der Waals surface area contributed by atoms with Crippen LogP contribution in [0.1, 0.15) is 11.1 Å². The Balaban J connectivity index is 0. The average molecular weight is 385 g/mol. The van der Waals surface area contributed by atoms with Crippen molar-refractivity contribution < 1.29 is 31.4 Å². The number of rotatable bonds is 2. The molecule has 7 nitrogen and oxygen atoms in total. The minimum atomic E-state index is -4.27. The van der Waals surface area contributed by atoms with Crippen LogP contribution in [0.2, 0.25) is 0 Å². The molecule has 0 radical (unpaired) electrons. The van der Waals surface area contributed by atoms with Gasteiger partial charge in [-0.25, -0.2) is 16.8 Å². The van der Waals surface area contributed by atoms with Gasteiger partial charge in [-0.15, -0.1) is 0 Å². The van der Waals surface area contributed by atoms with Gasteiger partial charge in [0.05, 0.1) is 9.79 Å². The van der Waals surface area contributed by atoms with E-state index < -0.39 is 20.2 Å². The van der Waals surface area contributed by atoms with Gasteiger partial charge < -0.3 is 14.6 Å². The van der Waals surface area contributed by atoms with E-state index >= 15 is 0 Å². The largest absolute Gasteiger partial charge is 2.00 e. The molecular weight excluding hydrogens is 369 g/mol. The van der Waals surface area contributed by atoms with Crippen molar-refractivity contribution in [3.8, 4) is 0 Å². The molecule has 0 unspecified atom stereocenters. The van der Waals surface area contributed by atoms with Gasteiger partial charge in [-0.05, 0) is 38.1 Å². The first kappa shape index (κ1) is 25.2. The Morgan fingerprint density at radius 3 is 1.00 bits per heavy atom. The molecule has 2 aromatic carbocycles. The summed E-state index contributed by atoms with van der Waals surface area (Å²) in [5.41, 5.74) is 1.86. The van der Waals surface area contributed by atoms with Crippen molar-refractivity contribution in [2.45, 2.75) is 23.6 Å². The van der Waals surface area contributed by atoms with Crippen LogP contribution < -0.4 is 0 Å². The van der Waals surface area contributed by atoms with Gasteiger partial charge in [-0.3, -0.25) is 0 Å². The van der Waals surface area contributed by atoms with Crippen LogP contribution in [0.5, 0.6) is 0 Å². The molecule has 0 atom stereocenters. The third-order valence-electron chi connectivity index (χ3n) is 2.62. The van der Waals surface area contributed by atoms with Crippen molar-refractivity contribution in [2.24, 2.45) is 0 Å². The zero-order valence-corrected chi connectivity index (χ0v) is 16.1. The van der Waals surface area contributed by atoms with Crippen LogP contribution in [0, 0.1) is 13.8 Å². The molecule has 2 aromatic rings. The van der Waals surface area contributed by atoms with Crippen molar-refractivity contribution in [1.29, 1.82) is 0 Å². The molecule has 0 aliphatic heterocycles. The number of hydrogen-bond acceptors (Lipinski definition) is 6. The summed E-state index contributed by atoms with van der Waals surface area (Å²) in [5.74, 6) is 0. The van der Waals surface area contributed by atoms with Gasteiger partial charge in [0.15, 0.2) is 0 Å². The van der Waals surface area contributed by atoms with Crippen LogP contribution in [0.4, 0.5) is 0 Å². The summed E-state index contributed by atoms with van der Waals surface area (Å²) in [6.07, 6.45) is 0. The van der Waals surface area contributed by atoms with Crippen LogP contribution in [0.3, 0.4) is 0 Å². The Kier molecular flexibility index (Phi) is 10.6. The van der Waals surface area contributed by atoms with E-state index in [0.29, 0.717) is 0 Å². The monoisotopic (exact) mass is 384 g/mol. The molecular formula is C14H16MgO7S2. The SMILES string of the molecule is Cc1ccc(S(=O)(=O)[O-])cc1.Cc1ccc(S(=O)(=O)[O-])cc1.O.[Mg+2]. The Morgan fingerprint density at radius 2 is 0.833 bits per heavy atom. The first-order chi connectivity index (χ1) is 10.00. The molecule has 0 fully saturated rings.